The zero-order chi connectivity index (χ0) is 18.8. The number of hydrogen-bond donors (Lipinski definition) is 2. The summed E-state index contributed by atoms with van der Waals surface area (Å²) < 4.78 is 0. The molecule has 0 saturated carbocycles. The molecule has 152 valence electrons. The van der Waals surface area contributed by atoms with Crippen LogP contribution in [0.1, 0.15) is 110 Å². The lowest BCUT2D eigenvalue weighted by Crippen LogP contribution is -2.41. The lowest BCUT2D eigenvalue weighted by atomic mass is 9.98. The van der Waals surface area contributed by atoms with Crippen molar-refractivity contribution in [2.45, 2.75) is 115 Å². The molecule has 3 N–H and O–H groups in total. The molecule has 0 aromatic carbocycles. The van der Waals surface area contributed by atoms with Gasteiger partial charge in [-0.15, -0.1) is 0 Å². The highest BCUT2D eigenvalue weighted by molar-refractivity contribution is 5.63. The molecule has 1 atom stereocenters. The Morgan fingerprint density at radius 1 is 0.846 bits per heavy atom. The zero-order valence-electron chi connectivity index (χ0n) is 17.5. The number of rotatable bonds is 18. The predicted octanol–water partition coefficient (Wildman–Crippen LogP) is 6.13. The summed E-state index contributed by atoms with van der Waals surface area (Å²) in [6.07, 6.45) is 28.0. The number of nitrogens with zero attached hydrogens (tertiary/aromatic N) is 1. The van der Waals surface area contributed by atoms with Gasteiger partial charge in [0.25, 0.3) is 0 Å². The van der Waals surface area contributed by atoms with Crippen molar-refractivity contribution >= 4 is 6.21 Å². The van der Waals surface area contributed by atoms with Crippen molar-refractivity contribution in [3.8, 4) is 0 Å². The Morgan fingerprint density at radius 2 is 1.42 bits per heavy atom. The fourth-order valence-corrected chi connectivity index (χ4v) is 3.84. The van der Waals surface area contributed by atoms with E-state index in [0.717, 1.165) is 25.9 Å². The van der Waals surface area contributed by atoms with Crippen molar-refractivity contribution in [3.63, 3.8) is 0 Å². The Balaban J connectivity index is 1.83. The monoisotopic (exact) mass is 363 g/mol. The molecule has 26 heavy (non-hydrogen) atoms. The first kappa shape index (κ1) is 23.4. The molecule has 0 saturated heterocycles. The maximum Gasteiger partial charge on any atom is 0.111 e. The zero-order valence-corrected chi connectivity index (χ0v) is 17.5. The van der Waals surface area contributed by atoms with Crippen molar-refractivity contribution in [1.29, 1.82) is 0 Å². The van der Waals surface area contributed by atoms with Crippen molar-refractivity contribution in [3.05, 3.63) is 12.2 Å². The summed E-state index contributed by atoms with van der Waals surface area (Å²) in [7, 11) is 0. The minimum absolute atomic E-state index is 0.0322. The third kappa shape index (κ3) is 11.9. The van der Waals surface area contributed by atoms with Crippen LogP contribution >= 0.6 is 0 Å². The fraction of sp³-hybridized carbons (Fsp3) is 0.870. The van der Waals surface area contributed by atoms with Crippen LogP contribution in [0.25, 0.3) is 0 Å². The first-order valence-electron chi connectivity index (χ1n) is 11.5. The third-order valence-corrected chi connectivity index (χ3v) is 5.52. The molecule has 0 aliphatic carbocycles. The molecule has 3 nitrogen and oxygen atoms in total. The molecule has 0 radical (unpaired) electrons. The average molecular weight is 364 g/mol. The van der Waals surface area contributed by atoms with Gasteiger partial charge in [0, 0.05) is 12.8 Å². The minimum Gasteiger partial charge on any atom is -0.330 e. The van der Waals surface area contributed by atoms with Crippen LogP contribution in [0.15, 0.2) is 17.1 Å². The number of hydrogen-bond acceptors (Lipinski definition) is 3. The standard InChI is InChI=1S/C23H45N3/c1-2-3-4-5-6-7-8-9-10-11-12-13-14-15-16-17-18-23(19-20-24)25-21-22-26-23/h9-10,21,26H,2-8,11-20,22,24H2,1H3. The summed E-state index contributed by atoms with van der Waals surface area (Å²) in [6.45, 7) is 3.91. The van der Waals surface area contributed by atoms with E-state index in [1.54, 1.807) is 0 Å². The van der Waals surface area contributed by atoms with Crippen LogP contribution in [0.4, 0.5) is 0 Å². The van der Waals surface area contributed by atoms with E-state index in [4.69, 9.17) is 5.73 Å². The van der Waals surface area contributed by atoms with Crippen LogP contribution in [0.2, 0.25) is 0 Å². The molecule has 0 spiro atoms. The van der Waals surface area contributed by atoms with Crippen molar-refractivity contribution in [2.75, 3.05) is 13.1 Å². The first-order chi connectivity index (χ1) is 12.8. The lowest BCUT2D eigenvalue weighted by molar-refractivity contribution is 0.317. The maximum atomic E-state index is 5.74. The van der Waals surface area contributed by atoms with Gasteiger partial charge in [0.1, 0.15) is 5.66 Å². The second-order valence-electron chi connectivity index (χ2n) is 7.95. The molecule has 0 bridgehead atoms. The molecule has 0 fully saturated rings. The topological polar surface area (TPSA) is 50.4 Å². The molecular formula is C23H45N3. The van der Waals surface area contributed by atoms with E-state index < -0.39 is 0 Å². The molecule has 0 aromatic heterocycles. The highest BCUT2D eigenvalue weighted by atomic mass is 15.2. The van der Waals surface area contributed by atoms with Gasteiger partial charge < -0.3 is 5.73 Å². The molecule has 1 aliphatic heterocycles. The predicted molar refractivity (Wildman–Crippen MR) is 117 cm³/mol. The molecule has 1 unspecified atom stereocenters. The van der Waals surface area contributed by atoms with E-state index in [2.05, 4.69) is 29.4 Å². The van der Waals surface area contributed by atoms with Gasteiger partial charge in [0.05, 0.1) is 0 Å². The number of unbranched alkanes of at least 4 members (excludes halogenated alkanes) is 12. The number of nitrogens with one attached hydrogen (secondary N) is 1. The third-order valence-electron chi connectivity index (χ3n) is 5.52. The van der Waals surface area contributed by atoms with E-state index in [1.807, 2.05) is 6.21 Å². The number of aliphatic imine (C=N–C) groups is 1. The number of nitrogens with two attached hydrogens (primary N) is 1. The van der Waals surface area contributed by atoms with Crippen LogP contribution in [0.5, 0.6) is 0 Å². The van der Waals surface area contributed by atoms with Crippen LogP contribution < -0.4 is 11.1 Å². The van der Waals surface area contributed by atoms with Gasteiger partial charge in [0.2, 0.25) is 0 Å². The summed E-state index contributed by atoms with van der Waals surface area (Å²) in [4.78, 5) is 4.64. The second-order valence-corrected chi connectivity index (χ2v) is 7.95. The van der Waals surface area contributed by atoms with Gasteiger partial charge in [-0.25, -0.2) is 0 Å². The Labute approximate surface area is 163 Å². The minimum atomic E-state index is -0.0322. The highest BCUT2D eigenvalue weighted by Crippen LogP contribution is 2.23. The van der Waals surface area contributed by atoms with E-state index in [1.165, 1.54) is 89.9 Å². The van der Waals surface area contributed by atoms with Crippen LogP contribution in [0.3, 0.4) is 0 Å². The summed E-state index contributed by atoms with van der Waals surface area (Å²) in [6, 6.07) is 0. The highest BCUT2D eigenvalue weighted by Gasteiger charge is 2.29. The first-order valence-corrected chi connectivity index (χ1v) is 11.5. The second kappa shape index (κ2) is 16.5. The summed E-state index contributed by atoms with van der Waals surface area (Å²) in [5, 5.41) is 3.51. The molecule has 3 heteroatoms. The summed E-state index contributed by atoms with van der Waals surface area (Å²) in [5.74, 6) is 0. The SMILES string of the molecule is CCCCCCCCC=CCCCCCCCCC1(CCN)N=CCN1. The van der Waals surface area contributed by atoms with Crippen molar-refractivity contribution in [2.24, 2.45) is 10.7 Å². The largest absolute Gasteiger partial charge is 0.330 e. The van der Waals surface area contributed by atoms with E-state index in [0.29, 0.717) is 0 Å². The van der Waals surface area contributed by atoms with E-state index >= 15 is 0 Å². The molecule has 0 aromatic rings. The average Bonchev–Trinajstić information content (AvgIpc) is 3.10. The van der Waals surface area contributed by atoms with Gasteiger partial charge in [-0.05, 0) is 51.5 Å². The lowest BCUT2D eigenvalue weighted by Gasteiger charge is -2.26. The normalized spacial score (nSPS) is 19.8. The molecule has 0 amide bonds. The molecule has 1 aliphatic rings. The van der Waals surface area contributed by atoms with Gasteiger partial charge in [-0.2, -0.15) is 0 Å². The summed E-state index contributed by atoms with van der Waals surface area (Å²) in [5.41, 5.74) is 5.70. The van der Waals surface area contributed by atoms with Gasteiger partial charge in [-0.1, -0.05) is 76.9 Å². The van der Waals surface area contributed by atoms with Gasteiger partial charge >= 0.3 is 0 Å². The van der Waals surface area contributed by atoms with Crippen LogP contribution in [-0.2, 0) is 0 Å². The van der Waals surface area contributed by atoms with Crippen LogP contribution in [-0.4, -0.2) is 25.0 Å². The van der Waals surface area contributed by atoms with E-state index in [9.17, 15) is 0 Å². The Hall–Kier alpha value is -0.670. The molecular weight excluding hydrogens is 318 g/mol. The van der Waals surface area contributed by atoms with Crippen molar-refractivity contribution < 1.29 is 0 Å². The smallest absolute Gasteiger partial charge is 0.111 e. The Morgan fingerprint density at radius 3 is 1.96 bits per heavy atom. The van der Waals surface area contributed by atoms with Gasteiger partial charge in [0.15, 0.2) is 0 Å². The quantitative estimate of drug-likeness (QED) is 0.227. The summed E-state index contributed by atoms with van der Waals surface area (Å²) >= 11 is 0. The van der Waals surface area contributed by atoms with Crippen LogP contribution in [0, 0.1) is 0 Å². The maximum absolute atomic E-state index is 5.74. The Bertz CT molecular complexity index is 364. The molecule has 1 rings (SSSR count). The van der Waals surface area contributed by atoms with Gasteiger partial charge in [-0.3, -0.25) is 10.3 Å². The number of allylic oxidation sites excluding steroid dienone is 2. The fourth-order valence-electron chi connectivity index (χ4n) is 3.84. The van der Waals surface area contributed by atoms with E-state index in [-0.39, 0.29) is 5.66 Å². The van der Waals surface area contributed by atoms with Crippen molar-refractivity contribution in [1.82, 2.24) is 5.32 Å². The molecule has 1 heterocycles. The Kier molecular flexibility index (Phi) is 14.8.